The van der Waals surface area contributed by atoms with Gasteiger partial charge in [-0.25, -0.2) is 5.32 Å². The third kappa shape index (κ3) is 1.67. The number of nitrogens with zero attached hydrogens (tertiary/aromatic N) is 1. The summed E-state index contributed by atoms with van der Waals surface area (Å²) in [6, 6.07) is 10.8. The summed E-state index contributed by atoms with van der Waals surface area (Å²) < 4.78 is 0. The molecule has 1 saturated heterocycles. The molecule has 0 N–H and O–H groups in total. The Kier molecular flexibility index (Phi) is 2.42. The van der Waals surface area contributed by atoms with Gasteiger partial charge in [0.05, 0.1) is 0 Å². The van der Waals surface area contributed by atoms with E-state index < -0.39 is 0 Å². The lowest BCUT2D eigenvalue weighted by Crippen LogP contribution is -2.20. The topological polar surface area (TPSA) is 14.1 Å². The van der Waals surface area contributed by atoms with Crippen molar-refractivity contribution in [3.05, 3.63) is 35.9 Å². The molecule has 0 atom stereocenters. The monoisotopic (exact) mass is 160 g/mol. The molecule has 1 aromatic carbocycles. The lowest BCUT2D eigenvalue weighted by molar-refractivity contribution is 0.453. The van der Waals surface area contributed by atoms with Gasteiger partial charge in [-0.3, -0.25) is 0 Å². The van der Waals surface area contributed by atoms with Crippen molar-refractivity contribution in [2.75, 3.05) is 13.1 Å². The van der Waals surface area contributed by atoms with Crippen molar-refractivity contribution in [1.29, 1.82) is 0 Å². The number of benzene rings is 1. The Morgan fingerprint density at radius 3 is 2.33 bits per heavy atom. The van der Waals surface area contributed by atoms with Gasteiger partial charge >= 0.3 is 0 Å². The van der Waals surface area contributed by atoms with Gasteiger partial charge in [0.2, 0.25) is 0 Å². The fourth-order valence-corrected chi connectivity index (χ4v) is 1.81. The highest BCUT2D eigenvalue weighted by atomic mass is 14.9. The number of hydrogen-bond acceptors (Lipinski definition) is 0. The second-order valence-electron chi connectivity index (χ2n) is 3.36. The maximum atomic E-state index is 4.35. The van der Waals surface area contributed by atoms with Crippen molar-refractivity contribution < 1.29 is 0 Å². The summed E-state index contributed by atoms with van der Waals surface area (Å²) in [4.78, 5) is 0. The van der Waals surface area contributed by atoms with Crippen LogP contribution in [0, 0.1) is 0 Å². The molecular weight excluding hydrogens is 146 g/mol. The molecule has 1 heteroatoms. The van der Waals surface area contributed by atoms with Crippen LogP contribution in [0.15, 0.2) is 30.3 Å². The third-order valence-electron chi connectivity index (χ3n) is 2.54. The number of hydrogen-bond donors (Lipinski definition) is 0. The Bertz CT molecular complexity index is 224. The second-order valence-corrected chi connectivity index (χ2v) is 3.36. The van der Waals surface area contributed by atoms with Crippen LogP contribution in [0.5, 0.6) is 0 Å². The maximum Gasteiger partial charge on any atom is 0.0139 e. The van der Waals surface area contributed by atoms with Gasteiger partial charge in [-0.05, 0) is 24.3 Å². The van der Waals surface area contributed by atoms with Crippen molar-refractivity contribution in [3.63, 3.8) is 0 Å². The van der Waals surface area contributed by atoms with Crippen LogP contribution in [-0.4, -0.2) is 13.1 Å². The predicted octanol–water partition coefficient (Wildman–Crippen LogP) is 2.17. The summed E-state index contributed by atoms with van der Waals surface area (Å²) in [6.45, 7) is 2.11. The molecule has 12 heavy (non-hydrogen) atoms. The van der Waals surface area contributed by atoms with Gasteiger partial charge in [-0.1, -0.05) is 30.3 Å². The Morgan fingerprint density at radius 1 is 1.00 bits per heavy atom. The van der Waals surface area contributed by atoms with Crippen LogP contribution in [0.3, 0.4) is 0 Å². The van der Waals surface area contributed by atoms with E-state index in [9.17, 15) is 0 Å². The van der Waals surface area contributed by atoms with Crippen LogP contribution in [-0.2, 0) is 0 Å². The first kappa shape index (κ1) is 7.81. The lowest BCUT2D eigenvalue weighted by atomic mass is 9.90. The highest BCUT2D eigenvalue weighted by Gasteiger charge is 2.14. The van der Waals surface area contributed by atoms with Gasteiger partial charge in [0.15, 0.2) is 0 Å². The van der Waals surface area contributed by atoms with Crippen molar-refractivity contribution in [3.8, 4) is 0 Å². The number of piperidine rings is 1. The van der Waals surface area contributed by atoms with Crippen LogP contribution >= 0.6 is 0 Å². The zero-order valence-electron chi connectivity index (χ0n) is 7.24. The van der Waals surface area contributed by atoms with Crippen molar-refractivity contribution in [2.45, 2.75) is 18.8 Å². The molecule has 0 spiro atoms. The molecule has 0 saturated carbocycles. The molecule has 2 rings (SSSR count). The molecule has 0 amide bonds. The summed E-state index contributed by atoms with van der Waals surface area (Å²) in [6.07, 6.45) is 2.48. The molecule has 0 bridgehead atoms. The molecule has 1 aliphatic heterocycles. The predicted molar refractivity (Wildman–Crippen MR) is 50.3 cm³/mol. The smallest absolute Gasteiger partial charge is 0.0139 e. The minimum Gasteiger partial charge on any atom is -0.242 e. The molecule has 1 aromatic rings. The molecule has 63 valence electrons. The molecular formula is C11H14N. The summed E-state index contributed by atoms with van der Waals surface area (Å²) >= 11 is 0. The Morgan fingerprint density at radius 2 is 1.67 bits per heavy atom. The fourth-order valence-electron chi connectivity index (χ4n) is 1.81. The Balaban J connectivity index is 2.08. The minimum atomic E-state index is 0.767. The van der Waals surface area contributed by atoms with Crippen LogP contribution in [0.1, 0.15) is 24.3 Å². The van der Waals surface area contributed by atoms with Crippen molar-refractivity contribution in [2.24, 2.45) is 0 Å². The van der Waals surface area contributed by atoms with E-state index in [-0.39, 0.29) is 0 Å². The van der Waals surface area contributed by atoms with Gasteiger partial charge in [0.1, 0.15) is 0 Å². The quantitative estimate of drug-likeness (QED) is 0.597. The van der Waals surface area contributed by atoms with Crippen LogP contribution in [0.4, 0.5) is 0 Å². The molecule has 0 aliphatic carbocycles. The Labute approximate surface area is 73.8 Å². The first-order valence-electron chi connectivity index (χ1n) is 4.65. The summed E-state index contributed by atoms with van der Waals surface area (Å²) in [5.74, 6) is 0.767. The van der Waals surface area contributed by atoms with E-state index in [4.69, 9.17) is 0 Å². The average Bonchev–Trinajstić information content (AvgIpc) is 2.21. The molecule has 1 nitrogen and oxygen atoms in total. The summed E-state index contributed by atoms with van der Waals surface area (Å²) in [7, 11) is 0. The van der Waals surface area contributed by atoms with Crippen molar-refractivity contribution in [1.82, 2.24) is 5.32 Å². The molecule has 0 unspecified atom stereocenters. The standard InChI is InChI=1S/C11H14N/c1-2-4-10(5-3-1)11-6-8-12-9-7-11/h1-5,11H,6-9H2. The zero-order valence-corrected chi connectivity index (χ0v) is 7.24. The van der Waals surface area contributed by atoms with E-state index in [0.29, 0.717) is 0 Å². The first-order valence-corrected chi connectivity index (χ1v) is 4.65. The van der Waals surface area contributed by atoms with E-state index in [0.717, 1.165) is 19.0 Å². The Hall–Kier alpha value is -0.820. The summed E-state index contributed by atoms with van der Waals surface area (Å²) in [5.41, 5.74) is 1.49. The van der Waals surface area contributed by atoms with Crippen LogP contribution in [0.2, 0.25) is 0 Å². The zero-order chi connectivity index (χ0) is 8.23. The van der Waals surface area contributed by atoms with Gasteiger partial charge in [-0.2, -0.15) is 0 Å². The molecule has 1 fully saturated rings. The van der Waals surface area contributed by atoms with Crippen molar-refractivity contribution >= 4 is 0 Å². The van der Waals surface area contributed by atoms with Crippen LogP contribution < -0.4 is 5.32 Å². The van der Waals surface area contributed by atoms with E-state index in [1.54, 1.807) is 0 Å². The maximum absolute atomic E-state index is 4.35. The summed E-state index contributed by atoms with van der Waals surface area (Å²) in [5, 5.41) is 4.35. The third-order valence-corrected chi connectivity index (χ3v) is 2.54. The number of rotatable bonds is 1. The van der Waals surface area contributed by atoms with E-state index in [1.165, 1.54) is 18.4 Å². The SMILES string of the molecule is c1ccc(C2CC[N]CC2)cc1. The highest BCUT2D eigenvalue weighted by molar-refractivity contribution is 5.19. The minimum absolute atomic E-state index is 0.767. The average molecular weight is 160 g/mol. The van der Waals surface area contributed by atoms with E-state index in [1.807, 2.05) is 0 Å². The van der Waals surface area contributed by atoms with E-state index in [2.05, 4.69) is 35.6 Å². The van der Waals surface area contributed by atoms with Gasteiger partial charge in [-0.15, -0.1) is 0 Å². The molecule has 1 heterocycles. The van der Waals surface area contributed by atoms with Gasteiger partial charge < -0.3 is 0 Å². The largest absolute Gasteiger partial charge is 0.242 e. The fraction of sp³-hybridized carbons (Fsp3) is 0.455. The second kappa shape index (κ2) is 3.72. The molecule has 0 aromatic heterocycles. The lowest BCUT2D eigenvalue weighted by Gasteiger charge is -2.21. The van der Waals surface area contributed by atoms with Gasteiger partial charge in [0.25, 0.3) is 0 Å². The molecule has 1 radical (unpaired) electrons. The highest BCUT2D eigenvalue weighted by Crippen LogP contribution is 2.24. The van der Waals surface area contributed by atoms with E-state index >= 15 is 0 Å². The molecule has 1 aliphatic rings. The van der Waals surface area contributed by atoms with Crippen LogP contribution in [0.25, 0.3) is 0 Å². The normalized spacial score (nSPS) is 19.3. The first-order chi connectivity index (χ1) is 5.97. The van der Waals surface area contributed by atoms with Gasteiger partial charge in [0, 0.05) is 13.1 Å².